The summed E-state index contributed by atoms with van der Waals surface area (Å²) in [5, 5.41) is 9.02. The first-order valence-corrected chi connectivity index (χ1v) is 5.07. The molecule has 0 bridgehead atoms. The van der Waals surface area contributed by atoms with Crippen LogP contribution in [0.1, 0.15) is 11.1 Å². The average molecular weight is 226 g/mol. The van der Waals surface area contributed by atoms with E-state index in [0.29, 0.717) is 6.42 Å². The molecule has 0 aromatic heterocycles. The van der Waals surface area contributed by atoms with Gasteiger partial charge in [-0.25, -0.2) is 0 Å². The fourth-order valence-corrected chi connectivity index (χ4v) is 1.50. The van der Waals surface area contributed by atoms with Crippen molar-refractivity contribution < 1.29 is 19.3 Å². The van der Waals surface area contributed by atoms with Crippen LogP contribution in [-0.2, 0) is 22.5 Å². The maximum Gasteiger partial charge on any atom is 0.160 e. The highest BCUT2D eigenvalue weighted by molar-refractivity contribution is 5.37. The SMILES string of the molecule is COc1cc(CO)ccc1CC(OC)OC. The van der Waals surface area contributed by atoms with E-state index in [9.17, 15) is 0 Å². The number of rotatable bonds is 6. The second-order valence-corrected chi connectivity index (χ2v) is 3.41. The molecule has 0 atom stereocenters. The van der Waals surface area contributed by atoms with Gasteiger partial charge in [-0.3, -0.25) is 0 Å². The largest absolute Gasteiger partial charge is 0.496 e. The lowest BCUT2D eigenvalue weighted by Crippen LogP contribution is -2.16. The molecule has 16 heavy (non-hydrogen) atoms. The molecule has 1 aromatic carbocycles. The molecule has 0 radical (unpaired) electrons. The summed E-state index contributed by atoms with van der Waals surface area (Å²) in [6.07, 6.45) is 0.330. The molecule has 0 aliphatic carbocycles. The van der Waals surface area contributed by atoms with Crippen molar-refractivity contribution in [3.8, 4) is 5.75 Å². The Balaban J connectivity index is 2.86. The summed E-state index contributed by atoms with van der Waals surface area (Å²) in [6.45, 7) is 0.00856. The zero-order chi connectivity index (χ0) is 12.0. The van der Waals surface area contributed by atoms with Crippen LogP contribution in [0.3, 0.4) is 0 Å². The van der Waals surface area contributed by atoms with Crippen molar-refractivity contribution in [2.75, 3.05) is 21.3 Å². The monoisotopic (exact) mass is 226 g/mol. The number of aliphatic hydroxyl groups is 1. The molecule has 0 unspecified atom stereocenters. The van der Waals surface area contributed by atoms with Crippen LogP contribution in [0.2, 0.25) is 0 Å². The first-order valence-electron chi connectivity index (χ1n) is 5.07. The van der Waals surface area contributed by atoms with Gasteiger partial charge in [0.25, 0.3) is 0 Å². The number of ether oxygens (including phenoxy) is 3. The summed E-state index contributed by atoms with van der Waals surface area (Å²) in [7, 11) is 4.81. The molecule has 0 saturated heterocycles. The molecule has 1 N–H and O–H groups in total. The van der Waals surface area contributed by atoms with Gasteiger partial charge in [0.2, 0.25) is 0 Å². The maximum absolute atomic E-state index is 9.02. The van der Waals surface area contributed by atoms with E-state index in [1.165, 1.54) is 0 Å². The highest BCUT2D eigenvalue weighted by Crippen LogP contribution is 2.22. The summed E-state index contributed by atoms with van der Waals surface area (Å²) in [5.74, 6) is 0.741. The second-order valence-electron chi connectivity index (χ2n) is 3.41. The predicted octanol–water partition coefficient (Wildman–Crippen LogP) is 1.35. The summed E-state index contributed by atoms with van der Waals surface area (Å²) >= 11 is 0. The standard InChI is InChI=1S/C12H18O4/c1-14-11-6-9(8-13)4-5-10(11)7-12(15-2)16-3/h4-6,12-13H,7-8H2,1-3H3. The molecule has 1 rings (SSSR count). The lowest BCUT2D eigenvalue weighted by molar-refractivity contribution is -0.100. The van der Waals surface area contributed by atoms with E-state index in [4.69, 9.17) is 19.3 Å². The molecule has 0 aliphatic rings. The molecule has 0 fully saturated rings. The average Bonchev–Trinajstić information content (AvgIpc) is 2.35. The molecule has 0 aliphatic heterocycles. The minimum Gasteiger partial charge on any atom is -0.496 e. The Morgan fingerprint density at radius 2 is 1.88 bits per heavy atom. The summed E-state index contributed by atoms with van der Waals surface area (Å²) < 4.78 is 15.5. The first kappa shape index (κ1) is 13.0. The molecule has 90 valence electrons. The van der Waals surface area contributed by atoms with E-state index >= 15 is 0 Å². The van der Waals surface area contributed by atoms with Gasteiger partial charge in [-0.05, 0) is 17.2 Å². The number of hydrogen-bond donors (Lipinski definition) is 1. The van der Waals surface area contributed by atoms with Crippen molar-refractivity contribution in [2.24, 2.45) is 0 Å². The van der Waals surface area contributed by atoms with E-state index < -0.39 is 0 Å². The molecule has 0 heterocycles. The van der Waals surface area contributed by atoms with Crippen LogP contribution >= 0.6 is 0 Å². The normalized spacial score (nSPS) is 10.8. The van der Waals surface area contributed by atoms with Crippen molar-refractivity contribution in [3.63, 3.8) is 0 Å². The Morgan fingerprint density at radius 3 is 2.38 bits per heavy atom. The van der Waals surface area contributed by atoms with E-state index in [1.54, 1.807) is 21.3 Å². The smallest absolute Gasteiger partial charge is 0.160 e. The van der Waals surface area contributed by atoms with Crippen molar-refractivity contribution in [1.29, 1.82) is 0 Å². The predicted molar refractivity (Wildman–Crippen MR) is 60.4 cm³/mol. The van der Waals surface area contributed by atoms with Gasteiger partial charge < -0.3 is 19.3 Å². The van der Waals surface area contributed by atoms with Gasteiger partial charge >= 0.3 is 0 Å². The van der Waals surface area contributed by atoms with E-state index in [-0.39, 0.29) is 12.9 Å². The molecular weight excluding hydrogens is 208 g/mol. The molecule has 4 heteroatoms. The highest BCUT2D eigenvalue weighted by atomic mass is 16.7. The van der Waals surface area contributed by atoms with Gasteiger partial charge in [-0.2, -0.15) is 0 Å². The van der Waals surface area contributed by atoms with Crippen molar-refractivity contribution >= 4 is 0 Å². The maximum atomic E-state index is 9.02. The molecular formula is C12H18O4. The fraction of sp³-hybridized carbons (Fsp3) is 0.500. The summed E-state index contributed by atoms with van der Waals surface area (Å²) in [5.41, 5.74) is 1.82. The minimum atomic E-state index is -0.283. The van der Waals surface area contributed by atoms with Crippen LogP contribution in [0.25, 0.3) is 0 Å². The zero-order valence-electron chi connectivity index (χ0n) is 9.90. The van der Waals surface area contributed by atoms with Crippen molar-refractivity contribution in [1.82, 2.24) is 0 Å². The second kappa shape index (κ2) is 6.48. The van der Waals surface area contributed by atoms with E-state index in [0.717, 1.165) is 16.9 Å². The number of aliphatic hydroxyl groups excluding tert-OH is 1. The van der Waals surface area contributed by atoms with Gasteiger partial charge in [0, 0.05) is 20.6 Å². The highest BCUT2D eigenvalue weighted by Gasteiger charge is 2.11. The van der Waals surface area contributed by atoms with Crippen LogP contribution in [0, 0.1) is 0 Å². The topological polar surface area (TPSA) is 47.9 Å². The zero-order valence-corrected chi connectivity index (χ0v) is 9.90. The third-order valence-corrected chi connectivity index (χ3v) is 2.45. The van der Waals surface area contributed by atoms with Gasteiger partial charge in [0.1, 0.15) is 5.75 Å². The van der Waals surface area contributed by atoms with Gasteiger partial charge in [-0.1, -0.05) is 12.1 Å². The fourth-order valence-electron chi connectivity index (χ4n) is 1.50. The van der Waals surface area contributed by atoms with Crippen LogP contribution in [0.4, 0.5) is 0 Å². The van der Waals surface area contributed by atoms with Crippen molar-refractivity contribution in [3.05, 3.63) is 29.3 Å². The van der Waals surface area contributed by atoms with E-state index in [1.807, 2.05) is 18.2 Å². The molecule has 0 spiro atoms. The number of hydrogen-bond acceptors (Lipinski definition) is 4. The van der Waals surface area contributed by atoms with Crippen LogP contribution in [0.5, 0.6) is 5.75 Å². The van der Waals surface area contributed by atoms with Crippen LogP contribution in [-0.4, -0.2) is 32.7 Å². The van der Waals surface area contributed by atoms with Crippen LogP contribution in [0.15, 0.2) is 18.2 Å². The van der Waals surface area contributed by atoms with Gasteiger partial charge in [-0.15, -0.1) is 0 Å². The van der Waals surface area contributed by atoms with E-state index in [2.05, 4.69) is 0 Å². The Hall–Kier alpha value is -1.10. The molecule has 1 aromatic rings. The van der Waals surface area contributed by atoms with Gasteiger partial charge in [0.05, 0.1) is 13.7 Å². The van der Waals surface area contributed by atoms with Crippen molar-refractivity contribution in [2.45, 2.75) is 19.3 Å². The Bertz CT molecular complexity index is 321. The minimum absolute atomic E-state index is 0.00856. The first-order chi connectivity index (χ1) is 7.74. The molecule has 4 nitrogen and oxygen atoms in total. The summed E-state index contributed by atoms with van der Waals surface area (Å²) in [4.78, 5) is 0. The summed E-state index contributed by atoms with van der Waals surface area (Å²) in [6, 6.07) is 5.59. The number of methoxy groups -OCH3 is 3. The quantitative estimate of drug-likeness (QED) is 0.744. The third kappa shape index (κ3) is 3.20. The lowest BCUT2D eigenvalue weighted by Gasteiger charge is -2.16. The van der Waals surface area contributed by atoms with Crippen LogP contribution < -0.4 is 4.74 Å². The molecule has 0 saturated carbocycles. The molecule has 0 amide bonds. The van der Waals surface area contributed by atoms with Gasteiger partial charge in [0.15, 0.2) is 6.29 Å². The lowest BCUT2D eigenvalue weighted by atomic mass is 10.1. The Kier molecular flexibility index (Phi) is 5.25. The Morgan fingerprint density at radius 1 is 1.19 bits per heavy atom. The number of benzene rings is 1. The third-order valence-electron chi connectivity index (χ3n) is 2.45. The Labute approximate surface area is 95.8 Å².